The first-order valence-corrected chi connectivity index (χ1v) is 22.2. The van der Waals surface area contributed by atoms with Crippen LogP contribution in [0.4, 0.5) is 0 Å². The zero-order valence-electron chi connectivity index (χ0n) is 38.9. The molecule has 72 heavy (non-hydrogen) atoms. The van der Waals surface area contributed by atoms with E-state index in [1.165, 1.54) is 7.11 Å². The molecule has 0 spiro atoms. The Hall–Kier alpha value is -2.20. The minimum atomic E-state index is -2.17. The number of carboxylic acids is 1. The van der Waals surface area contributed by atoms with Crippen molar-refractivity contribution in [2.24, 2.45) is 4.99 Å². The molecule has 6 rings (SSSR count). The number of ether oxygens (including phenoxy) is 12. The summed E-state index contributed by atoms with van der Waals surface area (Å²) >= 11 is 0. The maximum atomic E-state index is 12.5. The van der Waals surface area contributed by atoms with Gasteiger partial charge in [-0.15, -0.1) is 0 Å². The summed E-state index contributed by atoms with van der Waals surface area (Å²) in [6, 6.07) is 5.02. The number of methoxy groups -OCH3 is 1. The van der Waals surface area contributed by atoms with Crippen molar-refractivity contribution in [3.8, 4) is 11.5 Å². The van der Waals surface area contributed by atoms with Crippen LogP contribution in [0.5, 0.6) is 11.5 Å². The third-order valence-corrected chi connectivity index (χ3v) is 12.3. The summed E-state index contributed by atoms with van der Waals surface area (Å²) < 4.78 is 67.4. The van der Waals surface area contributed by atoms with Crippen LogP contribution in [0.25, 0.3) is 0 Å². The second-order valence-corrected chi connectivity index (χ2v) is 17.0. The van der Waals surface area contributed by atoms with Gasteiger partial charge in [-0.2, -0.15) is 0 Å². The number of carboxylic acid groups (broad SMARTS) is 1. The Morgan fingerprint density at radius 1 is 0.542 bits per heavy atom. The van der Waals surface area contributed by atoms with Crippen LogP contribution in [0.2, 0.25) is 0 Å². The molecule has 5 aliphatic rings. The average Bonchev–Trinajstić information content (AvgIpc) is 3.35. The van der Waals surface area contributed by atoms with Gasteiger partial charge in [-0.3, -0.25) is 4.99 Å². The molecule has 0 aliphatic carbocycles. The Labute approximate surface area is 431 Å². The van der Waals surface area contributed by atoms with E-state index in [0.29, 0.717) is 11.5 Å². The molecule has 0 radical (unpaired) electrons. The zero-order chi connectivity index (χ0) is 52.0. The Kier molecular flexibility index (Phi) is 22.9. The van der Waals surface area contributed by atoms with E-state index < -0.39 is 192 Å². The van der Waals surface area contributed by atoms with Gasteiger partial charge in [0.2, 0.25) is 0 Å². The summed E-state index contributed by atoms with van der Waals surface area (Å²) in [5, 5.41) is 171. The van der Waals surface area contributed by atoms with Crippen LogP contribution >= 0.6 is 0 Å². The van der Waals surface area contributed by atoms with E-state index in [1.54, 1.807) is 24.3 Å². The fourth-order valence-electron chi connectivity index (χ4n) is 8.35. The maximum absolute atomic E-state index is 12.5. The molecule has 5 heterocycles. The van der Waals surface area contributed by atoms with Crippen LogP contribution in [0.3, 0.4) is 0 Å². The first-order valence-electron chi connectivity index (χ1n) is 22.2. The van der Waals surface area contributed by atoms with Crippen LogP contribution in [0.1, 0.15) is 6.92 Å². The zero-order valence-corrected chi connectivity index (χ0v) is 40.9. The van der Waals surface area contributed by atoms with Gasteiger partial charge in [0.1, 0.15) is 134 Å². The third-order valence-electron chi connectivity index (χ3n) is 12.3. The van der Waals surface area contributed by atoms with E-state index in [4.69, 9.17) is 56.8 Å². The van der Waals surface area contributed by atoms with Gasteiger partial charge < -0.3 is 139 Å². The average molecular weight is 1060 g/mol. The minimum absolute atomic E-state index is 0. The topological polar surface area (TPSA) is 467 Å². The Balaban J connectivity index is 0.00000963. The number of rotatable bonds is 20. The molecule has 30 nitrogen and oxygen atoms in total. The molecule has 5 saturated heterocycles. The number of aliphatic hydroxyl groups is 14. The summed E-state index contributed by atoms with van der Waals surface area (Å²) in [5.74, 6) is -1.54. The van der Waals surface area contributed by atoms with E-state index in [1.807, 2.05) is 0 Å². The van der Waals surface area contributed by atoms with E-state index in [9.17, 15) is 86.5 Å². The van der Waals surface area contributed by atoms with Crippen LogP contribution in [0.15, 0.2) is 29.3 Å². The number of carbonyl (C=O) groups is 1. The number of benzene rings is 1. The van der Waals surface area contributed by atoms with Crippen molar-refractivity contribution in [3.63, 3.8) is 0 Å². The fourth-order valence-corrected chi connectivity index (χ4v) is 8.35. The largest absolute Gasteiger partial charge is 1.00 e. The molecular weight excluding hydrogens is 993 g/mol. The van der Waals surface area contributed by atoms with Gasteiger partial charge in [0.15, 0.2) is 37.6 Å². The molecule has 15 N–H and O–H groups in total. The number of nitrogens with zero attached hydrogens (tertiary/aromatic N) is 1. The smallest absolute Gasteiger partial charge is 0.862 e. The molecule has 31 heteroatoms. The van der Waals surface area contributed by atoms with E-state index in [-0.39, 0.29) is 42.8 Å². The van der Waals surface area contributed by atoms with Gasteiger partial charge in [-0.05, 0) is 37.1 Å². The summed E-state index contributed by atoms with van der Waals surface area (Å²) in [6.45, 7) is -2.86. The third kappa shape index (κ3) is 13.8. The monoisotopic (exact) mass is 1060 g/mol. The van der Waals surface area contributed by atoms with Gasteiger partial charge in [0.25, 0.3) is 0 Å². The van der Waals surface area contributed by atoms with Gasteiger partial charge in [0.05, 0.1) is 40.1 Å². The number of aliphatic hydroxyl groups excluding tert-OH is 14. The summed E-state index contributed by atoms with van der Waals surface area (Å²) in [6.07, 6.45) is -46.4. The van der Waals surface area contributed by atoms with Gasteiger partial charge in [-0.25, -0.2) is 4.79 Å². The molecule has 5 fully saturated rings. The van der Waals surface area contributed by atoms with Crippen LogP contribution < -0.4 is 44.1 Å². The standard InChI is InChI=1S/C41H63NO29.Na/c1-13(46)42-20-33(23(49)17(10-44)64-37(20)62-8-7-61-15-5-3-14(60-2)4-6-15)69-41-35(26(52)21(47)16(9-43)65-41)71-39-29(55)24(50)22(48)19(67-39)12-63-38-31(57)28(54)32(18(11-45)66-38)68-40-30(56)25(51)27(53)34(70-40)36(58)59;/h3-6,16-35,37-41,43-45,47-57H,7-12H2,1-2H3,(H,42,46)(H,58,59);/q;+1/p-1/t16-,17-,18-,19-,20-,21-,22-,23+,24+,25+,26+,27+,28-,29+,30-,31-,32+,33-,34+,35+,37-,38+,39-,40-,41-;/m1./s1. The quantitative estimate of drug-likeness (QED) is 0.0249. The number of hydrogen-bond acceptors (Lipinski definition) is 29. The van der Waals surface area contributed by atoms with Crippen molar-refractivity contribution in [1.29, 1.82) is 0 Å². The minimum Gasteiger partial charge on any atom is -0.862 e. The van der Waals surface area contributed by atoms with Crippen molar-refractivity contribution in [1.82, 2.24) is 0 Å². The fraction of sp³-hybridized carbons (Fsp3) is 0.805. The van der Waals surface area contributed by atoms with Gasteiger partial charge in [-0.1, -0.05) is 0 Å². The summed E-state index contributed by atoms with van der Waals surface area (Å²) in [5.41, 5.74) is 0. The van der Waals surface area contributed by atoms with E-state index in [2.05, 4.69) is 4.99 Å². The summed E-state index contributed by atoms with van der Waals surface area (Å²) in [7, 11) is 1.49. The molecule has 0 amide bonds. The molecule has 0 saturated carbocycles. The normalized spacial score (nSPS) is 43.9. The Bertz CT molecular complexity index is 1840. The number of aliphatic carboxylic acids is 1. The van der Waals surface area contributed by atoms with Crippen molar-refractivity contribution in [2.45, 2.75) is 160 Å². The van der Waals surface area contributed by atoms with Crippen molar-refractivity contribution in [3.05, 3.63) is 24.3 Å². The van der Waals surface area contributed by atoms with Gasteiger partial charge in [0, 0.05) is 0 Å². The second-order valence-electron chi connectivity index (χ2n) is 17.0. The summed E-state index contributed by atoms with van der Waals surface area (Å²) in [4.78, 5) is 15.6. The molecule has 406 valence electrons. The second kappa shape index (κ2) is 27.2. The maximum Gasteiger partial charge on any atom is 1.00 e. The molecule has 5 aliphatic heterocycles. The molecule has 0 unspecified atom stereocenters. The molecule has 25 atom stereocenters. The predicted octanol–water partition coefficient (Wildman–Crippen LogP) is -12.9. The number of aliphatic imine (C=N–C) groups is 1. The molecule has 1 aromatic rings. The first kappa shape index (κ1) is 60.7. The molecular formula is C41H62NNaO29. The first-order chi connectivity index (χ1) is 33.7. The molecule has 0 bridgehead atoms. The van der Waals surface area contributed by atoms with Crippen molar-refractivity contribution in [2.75, 3.05) is 46.8 Å². The molecule has 1 aromatic carbocycles. The SMILES string of the molecule is COc1ccc(OCCO[C@@H]2O[C@H](CO)[C@H](O)[C@H](O[C@H]3O[C@H](CO)[C@@H](O)[C@H](O)[C@@H]3O[C@H]3O[C@H](CO[C@H]4O[C@H](CO)[C@H](O[C@@H]5O[C@H](C(=O)O)[C@@H](O)[C@H](O)[C@H]5O)[C@H](O)[C@H]4O)[C@@H](O)[C@H](O)[C@@H]3O)[C@H]2N=C(C)[O-])cc1.[Na+]. The van der Waals surface area contributed by atoms with Crippen molar-refractivity contribution >= 4 is 11.9 Å². The Morgan fingerprint density at radius 2 is 1.03 bits per heavy atom. The van der Waals surface area contributed by atoms with Crippen LogP contribution in [0, 0.1) is 0 Å². The van der Waals surface area contributed by atoms with Gasteiger partial charge >= 0.3 is 35.5 Å². The van der Waals surface area contributed by atoms with Crippen LogP contribution in [-0.4, -0.2) is 289 Å². The predicted molar refractivity (Wildman–Crippen MR) is 220 cm³/mol. The Morgan fingerprint density at radius 3 is 1.62 bits per heavy atom. The van der Waals surface area contributed by atoms with E-state index >= 15 is 0 Å². The van der Waals surface area contributed by atoms with E-state index in [0.717, 1.165) is 6.92 Å². The number of hydrogen-bond donors (Lipinski definition) is 15. The molecule has 0 aromatic heterocycles. The van der Waals surface area contributed by atoms with Crippen molar-refractivity contribution < 1.29 is 173 Å². The van der Waals surface area contributed by atoms with Crippen LogP contribution in [-0.2, 0) is 52.2 Å².